The SMILES string of the molecule is Cc1ccc(C2CC2(N)c2cccc(O)c2)cc1. The molecule has 0 spiro atoms. The Morgan fingerprint density at radius 2 is 1.89 bits per heavy atom. The van der Waals surface area contributed by atoms with E-state index < -0.39 is 0 Å². The molecular weight excluding hydrogens is 222 g/mol. The summed E-state index contributed by atoms with van der Waals surface area (Å²) in [5.74, 6) is 0.645. The highest BCUT2D eigenvalue weighted by Gasteiger charge is 2.52. The van der Waals surface area contributed by atoms with E-state index in [1.54, 1.807) is 12.1 Å². The molecule has 0 aliphatic heterocycles. The highest BCUT2D eigenvalue weighted by Crippen LogP contribution is 2.56. The third kappa shape index (κ3) is 1.79. The lowest BCUT2D eigenvalue weighted by Gasteiger charge is -2.12. The monoisotopic (exact) mass is 239 g/mol. The normalized spacial score (nSPS) is 26.0. The van der Waals surface area contributed by atoms with Crippen molar-refractivity contribution in [1.29, 1.82) is 0 Å². The van der Waals surface area contributed by atoms with Gasteiger partial charge in [-0.25, -0.2) is 0 Å². The molecule has 0 amide bonds. The van der Waals surface area contributed by atoms with Crippen molar-refractivity contribution in [2.45, 2.75) is 24.8 Å². The molecule has 0 heterocycles. The van der Waals surface area contributed by atoms with E-state index in [-0.39, 0.29) is 11.3 Å². The number of rotatable bonds is 2. The molecule has 0 radical (unpaired) electrons. The molecule has 1 aliphatic rings. The second kappa shape index (κ2) is 3.85. The molecule has 1 fully saturated rings. The minimum atomic E-state index is -0.312. The molecule has 1 saturated carbocycles. The molecule has 1 aliphatic carbocycles. The summed E-state index contributed by atoms with van der Waals surface area (Å²) in [6.07, 6.45) is 0.944. The van der Waals surface area contributed by atoms with Crippen LogP contribution >= 0.6 is 0 Å². The summed E-state index contributed by atoms with van der Waals surface area (Å²) in [4.78, 5) is 0. The molecule has 0 aromatic heterocycles. The van der Waals surface area contributed by atoms with Gasteiger partial charge in [-0.05, 0) is 36.6 Å². The number of nitrogens with two attached hydrogens (primary N) is 1. The average molecular weight is 239 g/mol. The van der Waals surface area contributed by atoms with Crippen LogP contribution in [0.4, 0.5) is 0 Å². The van der Waals surface area contributed by atoms with E-state index in [2.05, 4.69) is 31.2 Å². The van der Waals surface area contributed by atoms with Gasteiger partial charge in [0.05, 0.1) is 0 Å². The zero-order valence-corrected chi connectivity index (χ0v) is 10.4. The summed E-state index contributed by atoms with van der Waals surface area (Å²) in [5.41, 5.74) is 9.70. The maximum Gasteiger partial charge on any atom is 0.115 e. The van der Waals surface area contributed by atoms with Crippen LogP contribution in [-0.2, 0) is 5.54 Å². The van der Waals surface area contributed by atoms with Gasteiger partial charge in [-0.2, -0.15) is 0 Å². The summed E-state index contributed by atoms with van der Waals surface area (Å²) in [6, 6.07) is 15.8. The molecule has 2 aromatic carbocycles. The molecule has 18 heavy (non-hydrogen) atoms. The van der Waals surface area contributed by atoms with Crippen LogP contribution in [0.15, 0.2) is 48.5 Å². The third-order valence-electron chi connectivity index (χ3n) is 3.87. The molecule has 92 valence electrons. The molecule has 2 atom stereocenters. The molecule has 3 N–H and O–H groups in total. The lowest BCUT2D eigenvalue weighted by Crippen LogP contribution is -2.21. The fourth-order valence-electron chi connectivity index (χ4n) is 2.61. The zero-order valence-electron chi connectivity index (χ0n) is 10.4. The molecule has 0 bridgehead atoms. The van der Waals surface area contributed by atoms with E-state index in [9.17, 15) is 5.11 Å². The quantitative estimate of drug-likeness (QED) is 0.846. The lowest BCUT2D eigenvalue weighted by molar-refractivity contribution is 0.473. The first-order valence-electron chi connectivity index (χ1n) is 6.24. The zero-order chi connectivity index (χ0) is 12.8. The molecule has 2 heteroatoms. The fraction of sp³-hybridized carbons (Fsp3) is 0.250. The highest BCUT2D eigenvalue weighted by molar-refractivity contribution is 5.44. The van der Waals surface area contributed by atoms with Crippen LogP contribution in [0.25, 0.3) is 0 Å². The summed E-state index contributed by atoms with van der Waals surface area (Å²) in [5, 5.41) is 9.54. The number of aromatic hydroxyl groups is 1. The molecule has 2 unspecified atom stereocenters. The van der Waals surface area contributed by atoms with Gasteiger partial charge in [-0.1, -0.05) is 42.0 Å². The minimum Gasteiger partial charge on any atom is -0.508 e. The van der Waals surface area contributed by atoms with Gasteiger partial charge in [0.25, 0.3) is 0 Å². The van der Waals surface area contributed by atoms with Crippen LogP contribution in [0, 0.1) is 6.92 Å². The van der Waals surface area contributed by atoms with Gasteiger partial charge < -0.3 is 10.8 Å². The topological polar surface area (TPSA) is 46.2 Å². The van der Waals surface area contributed by atoms with Gasteiger partial charge >= 0.3 is 0 Å². The van der Waals surface area contributed by atoms with E-state index in [0.29, 0.717) is 5.92 Å². The smallest absolute Gasteiger partial charge is 0.115 e. The van der Waals surface area contributed by atoms with Crippen molar-refractivity contribution in [2.75, 3.05) is 0 Å². The predicted octanol–water partition coefficient (Wildman–Crippen LogP) is 3.04. The first-order chi connectivity index (χ1) is 8.59. The maximum absolute atomic E-state index is 9.54. The Kier molecular flexibility index (Phi) is 2.42. The Morgan fingerprint density at radius 1 is 1.17 bits per heavy atom. The summed E-state index contributed by atoms with van der Waals surface area (Å²) in [7, 11) is 0. The molecule has 2 aromatic rings. The van der Waals surface area contributed by atoms with Crippen molar-refractivity contribution < 1.29 is 5.11 Å². The van der Waals surface area contributed by atoms with Crippen LogP contribution in [0.3, 0.4) is 0 Å². The Morgan fingerprint density at radius 3 is 2.56 bits per heavy atom. The van der Waals surface area contributed by atoms with Gasteiger partial charge in [-0.3, -0.25) is 0 Å². The van der Waals surface area contributed by atoms with Crippen molar-refractivity contribution in [2.24, 2.45) is 5.73 Å². The number of phenols is 1. The van der Waals surface area contributed by atoms with Gasteiger partial charge in [-0.15, -0.1) is 0 Å². The Bertz CT molecular complexity index is 576. The van der Waals surface area contributed by atoms with Crippen LogP contribution < -0.4 is 5.73 Å². The first kappa shape index (κ1) is 11.3. The predicted molar refractivity (Wildman–Crippen MR) is 72.5 cm³/mol. The van der Waals surface area contributed by atoms with Crippen molar-refractivity contribution in [1.82, 2.24) is 0 Å². The Labute approximate surface area is 107 Å². The van der Waals surface area contributed by atoms with Crippen LogP contribution in [0.5, 0.6) is 5.75 Å². The molecule has 3 rings (SSSR count). The Balaban J connectivity index is 1.90. The van der Waals surface area contributed by atoms with Gasteiger partial charge in [0, 0.05) is 11.5 Å². The number of hydrogen-bond donors (Lipinski definition) is 2. The van der Waals surface area contributed by atoms with E-state index in [1.165, 1.54) is 11.1 Å². The van der Waals surface area contributed by atoms with E-state index in [4.69, 9.17) is 5.73 Å². The summed E-state index contributed by atoms with van der Waals surface area (Å²) >= 11 is 0. The molecule has 2 nitrogen and oxygen atoms in total. The van der Waals surface area contributed by atoms with E-state index >= 15 is 0 Å². The van der Waals surface area contributed by atoms with Gasteiger partial charge in [0.2, 0.25) is 0 Å². The number of phenolic OH excluding ortho intramolecular Hbond substituents is 1. The van der Waals surface area contributed by atoms with Crippen molar-refractivity contribution >= 4 is 0 Å². The summed E-state index contributed by atoms with van der Waals surface area (Å²) < 4.78 is 0. The second-order valence-corrected chi connectivity index (χ2v) is 5.26. The van der Waals surface area contributed by atoms with Gasteiger partial charge in [0.15, 0.2) is 0 Å². The van der Waals surface area contributed by atoms with Crippen molar-refractivity contribution in [3.63, 3.8) is 0 Å². The third-order valence-corrected chi connectivity index (χ3v) is 3.87. The molecule has 0 saturated heterocycles. The van der Waals surface area contributed by atoms with Crippen molar-refractivity contribution in [3.8, 4) is 5.75 Å². The number of aryl methyl sites for hydroxylation is 1. The number of hydrogen-bond acceptors (Lipinski definition) is 2. The highest BCUT2D eigenvalue weighted by atomic mass is 16.3. The standard InChI is InChI=1S/C16H17NO/c1-11-5-7-12(8-6-11)15-10-16(15,17)13-3-2-4-14(18)9-13/h2-9,15,18H,10,17H2,1H3. The summed E-state index contributed by atoms with van der Waals surface area (Å²) in [6.45, 7) is 2.08. The fourth-order valence-corrected chi connectivity index (χ4v) is 2.61. The maximum atomic E-state index is 9.54. The molecular formula is C16H17NO. The van der Waals surface area contributed by atoms with E-state index in [1.807, 2.05) is 12.1 Å². The van der Waals surface area contributed by atoms with Crippen molar-refractivity contribution in [3.05, 3.63) is 65.2 Å². The minimum absolute atomic E-state index is 0.284. The van der Waals surface area contributed by atoms with Crippen LogP contribution in [0.2, 0.25) is 0 Å². The average Bonchev–Trinajstić information content (AvgIpc) is 3.04. The first-order valence-corrected chi connectivity index (χ1v) is 6.24. The largest absolute Gasteiger partial charge is 0.508 e. The number of benzene rings is 2. The second-order valence-electron chi connectivity index (χ2n) is 5.26. The lowest BCUT2D eigenvalue weighted by atomic mass is 9.99. The van der Waals surface area contributed by atoms with Crippen LogP contribution in [0.1, 0.15) is 29.0 Å². The Hall–Kier alpha value is -1.80. The van der Waals surface area contributed by atoms with E-state index in [0.717, 1.165) is 12.0 Å². The van der Waals surface area contributed by atoms with Crippen LogP contribution in [-0.4, -0.2) is 5.11 Å². The van der Waals surface area contributed by atoms with Gasteiger partial charge in [0.1, 0.15) is 5.75 Å².